The van der Waals surface area contributed by atoms with Crippen molar-refractivity contribution in [2.45, 2.75) is 18.9 Å². The third kappa shape index (κ3) is 1.30. The second-order valence-corrected chi connectivity index (χ2v) is 3.70. The lowest BCUT2D eigenvalue weighted by molar-refractivity contribution is -0.130. The van der Waals surface area contributed by atoms with E-state index in [-0.39, 0.29) is 6.42 Å². The molecular formula is C12H14N2O2. The van der Waals surface area contributed by atoms with Gasteiger partial charge < -0.3 is 5.32 Å². The van der Waals surface area contributed by atoms with Crippen LogP contribution in [0.15, 0.2) is 30.3 Å². The van der Waals surface area contributed by atoms with Gasteiger partial charge >= 0.3 is 6.03 Å². The molecule has 1 saturated heterocycles. The van der Waals surface area contributed by atoms with Crippen molar-refractivity contribution in [2.75, 3.05) is 6.98 Å². The molecule has 2 rings (SSSR count). The lowest BCUT2D eigenvalue weighted by atomic mass is 9.87. The lowest BCUT2D eigenvalue weighted by Gasteiger charge is -2.25. The zero-order chi connectivity index (χ0) is 14.3. The zero-order valence-corrected chi connectivity index (χ0v) is 8.86. The first kappa shape index (κ1) is 7.44. The number of imide groups is 1. The van der Waals surface area contributed by atoms with Gasteiger partial charge in [0.25, 0.3) is 5.91 Å². The van der Waals surface area contributed by atoms with Crippen molar-refractivity contribution in [3.05, 3.63) is 35.9 Å². The van der Waals surface area contributed by atoms with Crippen LogP contribution in [0.5, 0.6) is 0 Å². The minimum Gasteiger partial charge on any atom is -0.319 e. The quantitative estimate of drug-likeness (QED) is 0.769. The predicted molar refractivity (Wildman–Crippen MR) is 59.7 cm³/mol. The van der Waals surface area contributed by atoms with Crippen LogP contribution in [0.25, 0.3) is 0 Å². The summed E-state index contributed by atoms with van der Waals surface area (Å²) in [5.41, 5.74) is -0.699. The number of benzene rings is 1. The second kappa shape index (κ2) is 3.63. The van der Waals surface area contributed by atoms with Crippen LogP contribution in [-0.4, -0.2) is 23.8 Å². The molecule has 1 unspecified atom stereocenters. The molecule has 0 spiro atoms. The topological polar surface area (TPSA) is 49.4 Å². The van der Waals surface area contributed by atoms with Crippen LogP contribution in [0, 0.1) is 0 Å². The van der Waals surface area contributed by atoms with Crippen LogP contribution in [0.2, 0.25) is 0 Å². The van der Waals surface area contributed by atoms with Crippen LogP contribution in [-0.2, 0) is 10.3 Å². The molecule has 0 bridgehead atoms. The Kier molecular flexibility index (Phi) is 1.69. The molecule has 4 heteroatoms. The Morgan fingerprint density at radius 1 is 1.38 bits per heavy atom. The number of carbonyl (C=O) groups excluding carboxylic acids is 2. The first-order valence-electron chi connectivity index (χ1n) is 6.55. The largest absolute Gasteiger partial charge is 0.325 e. The summed E-state index contributed by atoms with van der Waals surface area (Å²) in [6, 6.07) is 7.79. The molecule has 16 heavy (non-hydrogen) atoms. The number of likely N-dealkylation sites (N-methyl/N-ethyl adjacent to an activating group) is 1. The predicted octanol–water partition coefficient (Wildman–Crippen LogP) is 1.47. The molecule has 3 amide bonds. The van der Waals surface area contributed by atoms with Crippen molar-refractivity contribution < 1.29 is 13.7 Å². The van der Waals surface area contributed by atoms with E-state index in [1.807, 2.05) is 0 Å². The fourth-order valence-corrected chi connectivity index (χ4v) is 1.94. The summed E-state index contributed by atoms with van der Waals surface area (Å²) >= 11 is 0. The molecule has 0 saturated carbocycles. The first-order chi connectivity index (χ1) is 8.83. The van der Waals surface area contributed by atoms with Crippen molar-refractivity contribution in [2.24, 2.45) is 0 Å². The molecule has 0 aliphatic carbocycles. The third-order valence-electron chi connectivity index (χ3n) is 2.89. The van der Waals surface area contributed by atoms with E-state index in [1.54, 1.807) is 37.3 Å². The van der Waals surface area contributed by atoms with E-state index in [9.17, 15) is 9.59 Å². The number of nitrogens with one attached hydrogen (secondary N) is 1. The molecule has 0 aromatic heterocycles. The fraction of sp³-hybridized carbons (Fsp3) is 0.333. The Morgan fingerprint density at radius 2 is 2.06 bits per heavy atom. The van der Waals surface area contributed by atoms with Crippen LogP contribution in [0.3, 0.4) is 0 Å². The van der Waals surface area contributed by atoms with E-state index in [0.717, 1.165) is 0 Å². The van der Waals surface area contributed by atoms with Crippen molar-refractivity contribution in [3.63, 3.8) is 0 Å². The summed E-state index contributed by atoms with van der Waals surface area (Å²) in [6.07, 6.45) is 0.286. The number of amides is 3. The number of hydrogen-bond donors (Lipinski definition) is 1. The van der Waals surface area contributed by atoms with Crippen LogP contribution >= 0.6 is 0 Å². The average Bonchev–Trinajstić information content (AvgIpc) is 2.62. The smallest absolute Gasteiger partial charge is 0.319 e. The van der Waals surface area contributed by atoms with E-state index >= 15 is 0 Å². The zero-order valence-electron chi connectivity index (χ0n) is 11.9. The van der Waals surface area contributed by atoms with Gasteiger partial charge in [-0.05, 0) is 12.0 Å². The molecule has 1 aliphatic heterocycles. The molecule has 1 aromatic carbocycles. The molecule has 1 atom stereocenters. The lowest BCUT2D eigenvalue weighted by Crippen LogP contribution is -2.43. The van der Waals surface area contributed by atoms with E-state index in [0.29, 0.717) is 10.5 Å². The van der Waals surface area contributed by atoms with E-state index < -0.39 is 24.5 Å². The Morgan fingerprint density at radius 3 is 2.56 bits per heavy atom. The maximum Gasteiger partial charge on any atom is 0.325 e. The Balaban J connectivity index is 2.51. The minimum atomic E-state index is -2.77. The number of urea groups is 1. The molecule has 4 nitrogen and oxygen atoms in total. The standard InChI is InChI=1S/C12H14N2O2/c1-3-12(9-7-5-4-6-8-9)10(15)14(2)11(16)13-12/h4-8H,3H2,1-2H3,(H,13,16)/i2D3. The number of nitrogens with zero attached hydrogens (tertiary/aromatic N) is 1. The average molecular weight is 221 g/mol. The van der Waals surface area contributed by atoms with Gasteiger partial charge in [0.15, 0.2) is 0 Å². The van der Waals surface area contributed by atoms with Gasteiger partial charge in [-0.1, -0.05) is 37.3 Å². The number of carbonyl (C=O) groups is 2. The van der Waals surface area contributed by atoms with Gasteiger partial charge in [0.2, 0.25) is 0 Å². The van der Waals surface area contributed by atoms with Gasteiger partial charge in [-0.15, -0.1) is 0 Å². The minimum absolute atomic E-state index is 0.286. The second-order valence-electron chi connectivity index (χ2n) is 3.70. The van der Waals surface area contributed by atoms with Gasteiger partial charge in [-0.25, -0.2) is 4.79 Å². The molecule has 1 fully saturated rings. The molecular weight excluding hydrogens is 204 g/mol. The van der Waals surface area contributed by atoms with Crippen LogP contribution in [0.4, 0.5) is 4.79 Å². The first-order valence-corrected chi connectivity index (χ1v) is 5.05. The maximum atomic E-state index is 12.4. The summed E-state index contributed by atoms with van der Waals surface area (Å²) in [5, 5.41) is 2.52. The Hall–Kier alpha value is -1.84. The Bertz CT molecular complexity index is 515. The number of rotatable bonds is 2. The highest BCUT2D eigenvalue weighted by molar-refractivity contribution is 6.07. The highest BCUT2D eigenvalue weighted by Gasteiger charge is 2.49. The van der Waals surface area contributed by atoms with Gasteiger partial charge in [0.1, 0.15) is 5.54 Å². The summed E-state index contributed by atoms with van der Waals surface area (Å²) in [7, 11) is 0. The van der Waals surface area contributed by atoms with Gasteiger partial charge in [0, 0.05) is 11.1 Å². The third-order valence-corrected chi connectivity index (χ3v) is 2.89. The molecule has 0 radical (unpaired) electrons. The van der Waals surface area contributed by atoms with Gasteiger partial charge in [-0.3, -0.25) is 9.69 Å². The van der Waals surface area contributed by atoms with E-state index in [4.69, 9.17) is 4.11 Å². The van der Waals surface area contributed by atoms with Crippen molar-refractivity contribution in [3.8, 4) is 0 Å². The van der Waals surface area contributed by atoms with E-state index in [2.05, 4.69) is 5.32 Å². The summed E-state index contributed by atoms with van der Waals surface area (Å²) in [4.78, 5) is 24.5. The van der Waals surface area contributed by atoms with Crippen molar-refractivity contribution in [1.29, 1.82) is 0 Å². The highest BCUT2D eigenvalue weighted by Crippen LogP contribution is 2.31. The molecule has 84 valence electrons. The van der Waals surface area contributed by atoms with Gasteiger partial charge in [0.05, 0.1) is 0 Å². The monoisotopic (exact) mass is 221 g/mol. The van der Waals surface area contributed by atoms with Crippen LogP contribution < -0.4 is 5.32 Å². The normalized spacial score (nSPS) is 28.3. The fourth-order valence-electron chi connectivity index (χ4n) is 1.94. The summed E-state index contributed by atoms with van der Waals surface area (Å²) < 4.78 is 21.8. The van der Waals surface area contributed by atoms with Crippen molar-refractivity contribution >= 4 is 11.9 Å². The molecule has 1 aliphatic rings. The summed E-state index contributed by atoms with van der Waals surface area (Å²) in [6.45, 7) is -1.04. The molecule has 1 aromatic rings. The van der Waals surface area contributed by atoms with Gasteiger partial charge in [-0.2, -0.15) is 0 Å². The Labute approximate surface area is 98.5 Å². The molecule has 1 heterocycles. The highest BCUT2D eigenvalue weighted by atomic mass is 16.2. The van der Waals surface area contributed by atoms with Crippen LogP contribution in [0.1, 0.15) is 23.0 Å². The molecule has 1 N–H and O–H groups in total. The van der Waals surface area contributed by atoms with E-state index in [1.165, 1.54) is 0 Å². The number of hydrogen-bond acceptors (Lipinski definition) is 2. The van der Waals surface area contributed by atoms with Crippen molar-refractivity contribution in [1.82, 2.24) is 10.2 Å². The SMILES string of the molecule is [2H]C([2H])([2H])N1C(=O)NC(CC)(c2ccccc2)C1=O. The maximum absolute atomic E-state index is 12.4. The summed E-state index contributed by atoms with van der Waals surface area (Å²) in [5.74, 6) is -0.730.